The third-order valence-corrected chi connectivity index (χ3v) is 13.9. The van der Waals surface area contributed by atoms with Crippen LogP contribution in [0.2, 0.25) is 0 Å². The van der Waals surface area contributed by atoms with Gasteiger partial charge < -0.3 is 20.4 Å². The van der Waals surface area contributed by atoms with E-state index in [1.54, 1.807) is 27.5 Å². The zero-order valence-electron chi connectivity index (χ0n) is 30.7. The largest absolute Gasteiger partial charge is 0.381 e. The van der Waals surface area contributed by atoms with Gasteiger partial charge in [0.25, 0.3) is 5.91 Å². The number of imidazole rings is 1. The van der Waals surface area contributed by atoms with Gasteiger partial charge in [-0.25, -0.2) is 9.78 Å². The van der Waals surface area contributed by atoms with Crippen LogP contribution < -0.4 is 31.4 Å². The first-order valence-corrected chi connectivity index (χ1v) is 20.1. The Labute approximate surface area is 316 Å². The number of piperidine rings is 1. The molecule has 1 aliphatic carbocycles. The summed E-state index contributed by atoms with van der Waals surface area (Å²) in [4.78, 5) is 63.8. The fourth-order valence-corrected chi connectivity index (χ4v) is 11.1. The highest BCUT2D eigenvalue weighted by molar-refractivity contribution is 7.21. The monoisotopic (exact) mass is 747 g/mol. The van der Waals surface area contributed by atoms with E-state index < -0.39 is 11.9 Å². The number of amides is 3. The van der Waals surface area contributed by atoms with Crippen LogP contribution in [0.3, 0.4) is 0 Å². The van der Waals surface area contributed by atoms with E-state index in [2.05, 4.69) is 67.0 Å². The van der Waals surface area contributed by atoms with Crippen LogP contribution in [-0.4, -0.2) is 95.1 Å². The van der Waals surface area contributed by atoms with Gasteiger partial charge in [0.15, 0.2) is 0 Å². The molecule has 4 aliphatic heterocycles. The molecule has 2 atom stereocenters. The molecule has 14 heteroatoms. The van der Waals surface area contributed by atoms with Gasteiger partial charge in [0.05, 0.1) is 22.2 Å². The van der Waals surface area contributed by atoms with Crippen LogP contribution in [0.1, 0.15) is 54.7 Å². The molecule has 2 aromatic carbocycles. The second kappa shape index (κ2) is 12.6. The van der Waals surface area contributed by atoms with E-state index in [0.717, 1.165) is 99.9 Å². The summed E-state index contributed by atoms with van der Waals surface area (Å²) in [7, 11) is 1.76. The van der Waals surface area contributed by atoms with Crippen LogP contribution in [0.4, 0.5) is 17.2 Å². The molecule has 3 N–H and O–H groups in total. The van der Waals surface area contributed by atoms with E-state index in [9.17, 15) is 19.2 Å². The molecule has 1 unspecified atom stereocenters. The third-order valence-electron chi connectivity index (χ3n) is 12.7. The molecule has 3 saturated heterocycles. The number of fused-ring (bicyclic) bond motifs is 6. The highest BCUT2D eigenvalue weighted by Gasteiger charge is 2.48. The van der Waals surface area contributed by atoms with Crippen molar-refractivity contribution in [3.8, 4) is 0 Å². The number of aryl methyl sites for hydroxylation is 1. The fourth-order valence-electron chi connectivity index (χ4n) is 9.98. The molecule has 54 heavy (non-hydrogen) atoms. The van der Waals surface area contributed by atoms with Gasteiger partial charge in [-0.2, -0.15) is 0 Å². The van der Waals surface area contributed by atoms with Gasteiger partial charge in [0, 0.05) is 93.0 Å². The summed E-state index contributed by atoms with van der Waals surface area (Å²) in [5, 5.41) is 11.2. The Bertz CT molecular complexity index is 2440. The summed E-state index contributed by atoms with van der Waals surface area (Å²) in [5.74, 6) is 1.03. The number of carbonyl (C=O) groups excluding carboxylic acids is 3. The van der Waals surface area contributed by atoms with E-state index in [0.29, 0.717) is 24.3 Å². The number of nitrogens with one attached hydrogen (secondary N) is 3. The summed E-state index contributed by atoms with van der Waals surface area (Å²) in [6, 6.07) is 14.1. The van der Waals surface area contributed by atoms with Crippen LogP contribution in [-0.2, 0) is 16.6 Å². The minimum absolute atomic E-state index is 0.00722. The van der Waals surface area contributed by atoms with E-state index >= 15 is 0 Å². The third kappa shape index (κ3) is 5.47. The first kappa shape index (κ1) is 33.6. The summed E-state index contributed by atoms with van der Waals surface area (Å²) < 4.78 is 4.28. The predicted octanol–water partition coefficient (Wildman–Crippen LogP) is 4.05. The lowest BCUT2D eigenvalue weighted by molar-refractivity contribution is -0.135. The maximum Gasteiger partial charge on any atom is 0.329 e. The molecule has 1 saturated carbocycles. The number of pyridine rings is 1. The fraction of sp³-hybridized carbons (Fsp3) is 0.475. The maximum absolute atomic E-state index is 13.3. The average molecular weight is 748 g/mol. The number of nitrogens with zero attached hydrogens (tertiary/aromatic N) is 6. The van der Waals surface area contributed by atoms with Gasteiger partial charge in [-0.1, -0.05) is 0 Å². The summed E-state index contributed by atoms with van der Waals surface area (Å²) in [6.07, 6.45) is 4.25. The maximum atomic E-state index is 13.3. The molecule has 3 amide bonds. The molecule has 5 aliphatic rings. The van der Waals surface area contributed by atoms with E-state index in [1.165, 1.54) is 19.3 Å². The van der Waals surface area contributed by atoms with Crippen molar-refractivity contribution in [1.29, 1.82) is 0 Å². The van der Waals surface area contributed by atoms with Crippen LogP contribution >= 0.6 is 11.3 Å². The van der Waals surface area contributed by atoms with Crippen LogP contribution in [0.15, 0.2) is 47.3 Å². The molecule has 7 heterocycles. The lowest BCUT2D eigenvalue weighted by Gasteiger charge is -2.48. The highest BCUT2D eigenvalue weighted by atomic mass is 32.1. The smallest absolute Gasteiger partial charge is 0.329 e. The summed E-state index contributed by atoms with van der Waals surface area (Å²) in [6.45, 7) is 9.86. The van der Waals surface area contributed by atoms with Gasteiger partial charge in [0.2, 0.25) is 11.8 Å². The second-order valence-electron chi connectivity index (χ2n) is 16.3. The lowest BCUT2D eigenvalue weighted by atomic mass is 9.61. The lowest BCUT2D eigenvalue weighted by Crippen LogP contribution is -2.51. The molecule has 280 valence electrons. The molecule has 1 spiro atoms. The zero-order chi connectivity index (χ0) is 36.9. The molecule has 4 fully saturated rings. The Morgan fingerprint density at radius 2 is 1.78 bits per heavy atom. The molecule has 3 aromatic heterocycles. The topological polar surface area (TPSA) is 137 Å². The molecule has 5 aromatic rings. The molecular weight excluding hydrogens is 703 g/mol. The first-order chi connectivity index (χ1) is 26.1. The summed E-state index contributed by atoms with van der Waals surface area (Å²) in [5.41, 5.74) is 4.67. The highest BCUT2D eigenvalue weighted by Crippen LogP contribution is 2.53. The molecule has 0 radical (unpaired) electrons. The summed E-state index contributed by atoms with van der Waals surface area (Å²) >= 11 is 1.54. The standard InChI is InChI=1S/C40H45N9O4S/c1-23-20-41-35-34-26-4-9-32(43-27(26)5-8-31(34)54-36(35)38(52)42-23)47-15-13-46(14-16-47)21-24-18-40(19-24)11-12-48(22-40)25-3-6-28-30(17-25)45(2)39(53)49(28)29-7-10-33(50)44-37(29)51/h3-6,8-9,17,23-24,29,41H,7,10-16,18-22H2,1-2H3,(H,42,52)(H,44,50,51)/t23-,24?,29?,40?/m1/s1. The molecule has 0 bridgehead atoms. The Balaban J connectivity index is 0.758. The van der Waals surface area contributed by atoms with Crippen molar-refractivity contribution in [2.45, 2.75) is 51.1 Å². The number of hydrogen-bond donors (Lipinski definition) is 3. The van der Waals surface area contributed by atoms with Gasteiger partial charge in [-0.15, -0.1) is 11.3 Å². The van der Waals surface area contributed by atoms with Crippen LogP contribution in [0.5, 0.6) is 0 Å². The predicted molar refractivity (Wildman–Crippen MR) is 212 cm³/mol. The number of benzene rings is 2. The quantitative estimate of drug-likeness (QED) is 0.228. The van der Waals surface area contributed by atoms with Crippen LogP contribution in [0.25, 0.3) is 32.0 Å². The zero-order valence-corrected chi connectivity index (χ0v) is 31.5. The van der Waals surface area contributed by atoms with Crippen molar-refractivity contribution in [2.75, 3.05) is 67.5 Å². The van der Waals surface area contributed by atoms with Crippen molar-refractivity contribution < 1.29 is 14.4 Å². The minimum Gasteiger partial charge on any atom is -0.381 e. The number of rotatable bonds is 5. The van der Waals surface area contributed by atoms with Gasteiger partial charge in [-0.05, 0) is 86.4 Å². The molecule has 10 rings (SSSR count). The Hall–Kier alpha value is -4.95. The first-order valence-electron chi connectivity index (χ1n) is 19.3. The van der Waals surface area contributed by atoms with Gasteiger partial charge >= 0.3 is 5.69 Å². The number of aromatic nitrogens is 3. The number of imide groups is 1. The van der Waals surface area contributed by atoms with Gasteiger partial charge in [0.1, 0.15) is 16.7 Å². The van der Waals surface area contributed by atoms with E-state index in [1.807, 2.05) is 13.0 Å². The van der Waals surface area contributed by atoms with Crippen molar-refractivity contribution in [3.05, 3.63) is 57.8 Å². The van der Waals surface area contributed by atoms with E-state index in [4.69, 9.17) is 4.98 Å². The minimum atomic E-state index is -0.673. The number of anilines is 3. The number of piperazine rings is 1. The van der Waals surface area contributed by atoms with Crippen molar-refractivity contribution >= 4 is 78.3 Å². The number of thiophene rings is 1. The normalized spacial score (nSPS) is 26.3. The Morgan fingerprint density at radius 3 is 2.59 bits per heavy atom. The molecule has 13 nitrogen and oxygen atoms in total. The number of hydrogen-bond acceptors (Lipinski definition) is 10. The molecular formula is C40H45N9O4S. The Morgan fingerprint density at radius 1 is 0.944 bits per heavy atom. The van der Waals surface area contributed by atoms with Crippen LogP contribution in [0, 0.1) is 11.3 Å². The number of carbonyl (C=O) groups is 3. The SMILES string of the molecule is C[C@@H]1CNc2c(sc3ccc4nc(N5CCN(CC6CC7(CCN(c8ccc9c(c8)n(C)c(=O)n9C8CCC(=O)NC8=O)C7)C6)CC5)ccc4c23)C(=O)N1. The van der Waals surface area contributed by atoms with Crippen molar-refractivity contribution in [1.82, 2.24) is 29.7 Å². The van der Waals surface area contributed by atoms with Crippen molar-refractivity contribution in [3.63, 3.8) is 0 Å². The second-order valence-corrected chi connectivity index (χ2v) is 17.4. The van der Waals surface area contributed by atoms with E-state index in [-0.39, 0.29) is 30.0 Å². The van der Waals surface area contributed by atoms with Gasteiger partial charge in [-0.3, -0.25) is 33.7 Å². The van der Waals surface area contributed by atoms with Crippen molar-refractivity contribution in [2.24, 2.45) is 18.4 Å². The average Bonchev–Trinajstić information content (AvgIpc) is 3.81. The Kier molecular flexibility index (Phi) is 7.81.